The number of nitrogens with zero attached hydrogens (tertiary/aromatic N) is 1. The van der Waals surface area contributed by atoms with Crippen LogP contribution in [0.25, 0.3) is 11.3 Å². The summed E-state index contributed by atoms with van der Waals surface area (Å²) in [5.41, 5.74) is 8.86. The fraction of sp³-hybridized carbons (Fsp3) is 0.118. The summed E-state index contributed by atoms with van der Waals surface area (Å²) in [6, 6.07) is 15.9. The minimum atomic E-state index is 0.692. The summed E-state index contributed by atoms with van der Waals surface area (Å²) in [5.74, 6) is 2.22. The number of rotatable bonds is 4. The van der Waals surface area contributed by atoms with Crippen LogP contribution in [0.5, 0.6) is 0 Å². The molecule has 2 N–H and O–H groups in total. The lowest BCUT2D eigenvalue weighted by Crippen LogP contribution is -1.88. The average molecular weight is 296 g/mol. The van der Waals surface area contributed by atoms with Gasteiger partial charge >= 0.3 is 0 Å². The van der Waals surface area contributed by atoms with Crippen LogP contribution in [0.15, 0.2) is 64.0 Å². The van der Waals surface area contributed by atoms with Crippen LogP contribution in [0.4, 0.5) is 5.69 Å². The summed E-state index contributed by atoms with van der Waals surface area (Å²) in [4.78, 5) is 5.50. The molecule has 0 unspecified atom stereocenters. The van der Waals surface area contributed by atoms with Gasteiger partial charge in [0.25, 0.3) is 0 Å². The number of aryl methyl sites for hydroxylation is 1. The lowest BCUT2D eigenvalue weighted by Gasteiger charge is -2.04. The van der Waals surface area contributed by atoms with Crippen LogP contribution >= 0.6 is 11.8 Å². The quantitative estimate of drug-likeness (QED) is 0.568. The topological polar surface area (TPSA) is 52.0 Å². The summed E-state index contributed by atoms with van der Waals surface area (Å²) < 4.78 is 5.80. The van der Waals surface area contributed by atoms with Crippen molar-refractivity contribution in [3.8, 4) is 11.3 Å². The molecule has 2 aromatic carbocycles. The highest BCUT2D eigenvalue weighted by atomic mass is 32.2. The zero-order chi connectivity index (χ0) is 14.7. The van der Waals surface area contributed by atoms with Crippen LogP contribution in [0, 0.1) is 6.92 Å². The van der Waals surface area contributed by atoms with Gasteiger partial charge in [0, 0.05) is 16.1 Å². The summed E-state index contributed by atoms with van der Waals surface area (Å²) in [5, 5.41) is 0. The minimum Gasteiger partial charge on any atom is -0.440 e. The van der Waals surface area contributed by atoms with E-state index < -0.39 is 0 Å². The molecule has 0 aliphatic heterocycles. The number of anilines is 1. The molecule has 3 aromatic rings. The maximum atomic E-state index is 5.82. The molecular weight excluding hydrogens is 280 g/mol. The first-order valence-electron chi connectivity index (χ1n) is 6.71. The zero-order valence-electron chi connectivity index (χ0n) is 11.7. The SMILES string of the molecule is Cc1ccc(N)cc1SCc1ncc(-c2ccccc2)o1. The van der Waals surface area contributed by atoms with Crippen molar-refractivity contribution in [2.75, 3.05) is 5.73 Å². The maximum absolute atomic E-state index is 5.82. The first kappa shape index (κ1) is 13.8. The van der Waals surface area contributed by atoms with Gasteiger partial charge in [0.1, 0.15) is 0 Å². The van der Waals surface area contributed by atoms with Crippen LogP contribution in [0.3, 0.4) is 0 Å². The Balaban J connectivity index is 1.72. The molecule has 4 heteroatoms. The Morgan fingerprint density at radius 3 is 2.76 bits per heavy atom. The Bertz CT molecular complexity index is 738. The lowest BCUT2D eigenvalue weighted by molar-refractivity contribution is 0.530. The molecule has 0 saturated carbocycles. The highest BCUT2D eigenvalue weighted by molar-refractivity contribution is 7.98. The van der Waals surface area contributed by atoms with Gasteiger partial charge in [-0.05, 0) is 24.6 Å². The van der Waals surface area contributed by atoms with Gasteiger partial charge in [0.15, 0.2) is 5.76 Å². The minimum absolute atomic E-state index is 0.692. The third-order valence-electron chi connectivity index (χ3n) is 3.18. The molecular formula is C17H16N2OS. The molecule has 3 nitrogen and oxygen atoms in total. The standard InChI is InChI=1S/C17H16N2OS/c1-12-7-8-14(18)9-16(12)21-11-17-19-10-15(20-17)13-5-3-2-4-6-13/h2-10H,11,18H2,1H3. The van der Waals surface area contributed by atoms with Crippen molar-refractivity contribution >= 4 is 17.4 Å². The third kappa shape index (κ3) is 3.28. The van der Waals surface area contributed by atoms with Crippen molar-refractivity contribution in [2.45, 2.75) is 17.6 Å². The fourth-order valence-electron chi connectivity index (χ4n) is 2.02. The molecule has 0 radical (unpaired) electrons. The normalized spacial score (nSPS) is 10.7. The van der Waals surface area contributed by atoms with E-state index in [1.807, 2.05) is 48.5 Å². The Hall–Kier alpha value is -2.20. The number of oxazole rings is 1. The number of nitrogen functional groups attached to an aromatic ring is 1. The van der Waals surface area contributed by atoms with Crippen molar-refractivity contribution in [1.29, 1.82) is 0 Å². The molecule has 0 bridgehead atoms. The van der Waals surface area contributed by atoms with Gasteiger partial charge in [-0.25, -0.2) is 4.98 Å². The zero-order valence-corrected chi connectivity index (χ0v) is 12.6. The van der Waals surface area contributed by atoms with E-state index in [-0.39, 0.29) is 0 Å². The molecule has 0 aliphatic rings. The first-order chi connectivity index (χ1) is 10.2. The van der Waals surface area contributed by atoms with Crippen LogP contribution in [-0.2, 0) is 5.75 Å². The van der Waals surface area contributed by atoms with Gasteiger partial charge < -0.3 is 10.2 Å². The highest BCUT2D eigenvalue weighted by Crippen LogP contribution is 2.29. The van der Waals surface area contributed by atoms with E-state index in [1.165, 1.54) is 5.56 Å². The number of hydrogen-bond donors (Lipinski definition) is 1. The smallest absolute Gasteiger partial charge is 0.205 e. The number of nitrogens with two attached hydrogens (primary N) is 1. The van der Waals surface area contributed by atoms with E-state index in [9.17, 15) is 0 Å². The molecule has 0 amide bonds. The predicted octanol–water partition coefficient (Wildman–Crippen LogP) is 4.52. The molecule has 106 valence electrons. The van der Waals surface area contributed by atoms with Crippen LogP contribution in [-0.4, -0.2) is 4.98 Å². The van der Waals surface area contributed by atoms with Gasteiger partial charge in [-0.1, -0.05) is 36.4 Å². The van der Waals surface area contributed by atoms with Gasteiger partial charge in [-0.3, -0.25) is 0 Å². The van der Waals surface area contributed by atoms with E-state index in [0.29, 0.717) is 5.75 Å². The van der Waals surface area contributed by atoms with Crippen LogP contribution in [0.1, 0.15) is 11.5 Å². The number of hydrogen-bond acceptors (Lipinski definition) is 4. The number of thioether (sulfide) groups is 1. The molecule has 0 fully saturated rings. The van der Waals surface area contributed by atoms with Gasteiger partial charge in [0.05, 0.1) is 11.9 Å². The monoisotopic (exact) mass is 296 g/mol. The second kappa shape index (κ2) is 6.06. The van der Waals surface area contributed by atoms with Crippen molar-refractivity contribution in [3.05, 3.63) is 66.2 Å². The summed E-state index contributed by atoms with van der Waals surface area (Å²) in [6.07, 6.45) is 1.78. The second-order valence-corrected chi connectivity index (χ2v) is 5.82. The van der Waals surface area contributed by atoms with Crippen molar-refractivity contribution in [2.24, 2.45) is 0 Å². The predicted molar refractivity (Wildman–Crippen MR) is 87.1 cm³/mol. The average Bonchev–Trinajstić information content (AvgIpc) is 2.98. The molecule has 1 heterocycles. The molecule has 1 aromatic heterocycles. The van der Waals surface area contributed by atoms with Crippen molar-refractivity contribution in [1.82, 2.24) is 4.98 Å². The Labute approximate surface area is 128 Å². The van der Waals surface area contributed by atoms with E-state index in [0.717, 1.165) is 27.8 Å². The molecule has 3 rings (SSSR count). The van der Waals surface area contributed by atoms with E-state index in [2.05, 4.69) is 11.9 Å². The van der Waals surface area contributed by atoms with Crippen molar-refractivity contribution in [3.63, 3.8) is 0 Å². The maximum Gasteiger partial charge on any atom is 0.205 e. The number of aromatic nitrogens is 1. The highest BCUT2D eigenvalue weighted by Gasteiger charge is 2.07. The van der Waals surface area contributed by atoms with Gasteiger partial charge in [-0.2, -0.15) is 0 Å². The Kier molecular flexibility index (Phi) is 3.97. The third-order valence-corrected chi connectivity index (χ3v) is 4.32. The Morgan fingerprint density at radius 1 is 1.14 bits per heavy atom. The summed E-state index contributed by atoms with van der Waals surface area (Å²) in [7, 11) is 0. The molecule has 0 aliphatic carbocycles. The Morgan fingerprint density at radius 2 is 1.95 bits per heavy atom. The largest absolute Gasteiger partial charge is 0.440 e. The molecule has 0 atom stereocenters. The molecule has 0 spiro atoms. The van der Waals surface area contributed by atoms with Crippen molar-refractivity contribution < 1.29 is 4.42 Å². The summed E-state index contributed by atoms with van der Waals surface area (Å²) >= 11 is 1.69. The van der Waals surface area contributed by atoms with E-state index in [4.69, 9.17) is 10.2 Å². The van der Waals surface area contributed by atoms with Gasteiger partial charge in [0.2, 0.25) is 5.89 Å². The van der Waals surface area contributed by atoms with E-state index >= 15 is 0 Å². The first-order valence-corrected chi connectivity index (χ1v) is 7.70. The van der Waals surface area contributed by atoms with Crippen LogP contribution < -0.4 is 5.73 Å². The molecule has 21 heavy (non-hydrogen) atoms. The summed E-state index contributed by atoms with van der Waals surface area (Å²) in [6.45, 7) is 2.08. The lowest BCUT2D eigenvalue weighted by atomic mass is 10.2. The van der Waals surface area contributed by atoms with Gasteiger partial charge in [-0.15, -0.1) is 11.8 Å². The van der Waals surface area contributed by atoms with E-state index in [1.54, 1.807) is 18.0 Å². The fourth-order valence-corrected chi connectivity index (χ4v) is 2.95. The van der Waals surface area contributed by atoms with Crippen LogP contribution in [0.2, 0.25) is 0 Å². The molecule has 0 saturated heterocycles. The number of benzene rings is 2. The second-order valence-electron chi connectivity index (χ2n) is 4.80.